The molecular weight excluding hydrogens is 254 g/mol. The molecule has 3 rings (SSSR count). The van der Waals surface area contributed by atoms with Crippen molar-refractivity contribution >= 4 is 22.6 Å². The number of amides is 1. The monoisotopic (exact) mass is 267 g/mol. The summed E-state index contributed by atoms with van der Waals surface area (Å²) in [4.78, 5) is 12.4. The van der Waals surface area contributed by atoms with E-state index < -0.39 is 0 Å². The van der Waals surface area contributed by atoms with Crippen LogP contribution in [0, 0.1) is 0 Å². The zero-order valence-corrected chi connectivity index (χ0v) is 10.9. The molecule has 0 unspecified atom stereocenters. The Labute approximate surface area is 116 Å². The molecule has 2 aromatic carbocycles. The van der Waals surface area contributed by atoms with Crippen molar-refractivity contribution in [3.8, 4) is 5.95 Å². The van der Waals surface area contributed by atoms with E-state index in [1.54, 1.807) is 6.07 Å². The second-order valence-corrected chi connectivity index (χ2v) is 4.28. The van der Waals surface area contributed by atoms with Crippen LogP contribution in [-0.4, -0.2) is 13.0 Å². The van der Waals surface area contributed by atoms with E-state index in [2.05, 4.69) is 5.32 Å². The van der Waals surface area contributed by atoms with Crippen molar-refractivity contribution in [2.24, 2.45) is 0 Å². The van der Waals surface area contributed by atoms with Gasteiger partial charge in [-0.15, -0.1) is 0 Å². The number of hydrogen-bond acceptors (Lipinski definition) is 3. The van der Waals surface area contributed by atoms with E-state index >= 15 is 0 Å². The van der Waals surface area contributed by atoms with E-state index in [1.807, 2.05) is 48.5 Å². The highest BCUT2D eigenvalue weighted by molar-refractivity contribution is 6.14. The first kappa shape index (κ1) is 12.3. The molecule has 0 bridgehead atoms. The van der Waals surface area contributed by atoms with Crippen molar-refractivity contribution in [2.45, 2.75) is 0 Å². The highest BCUT2D eigenvalue weighted by Gasteiger charge is 2.21. The summed E-state index contributed by atoms with van der Waals surface area (Å²) in [6, 6.07) is 16.6. The second-order valence-electron chi connectivity index (χ2n) is 4.28. The van der Waals surface area contributed by atoms with Crippen molar-refractivity contribution in [3.05, 3.63) is 60.2 Å². The fourth-order valence-electron chi connectivity index (χ4n) is 2.10. The fraction of sp³-hybridized carbons (Fsp3) is 0.0625. The minimum atomic E-state index is -0.252. The van der Waals surface area contributed by atoms with Crippen LogP contribution in [0.2, 0.25) is 0 Å². The Hall–Kier alpha value is -2.75. The smallest absolute Gasteiger partial charge is 0.298 e. The number of nitrogens with one attached hydrogen (secondary N) is 1. The molecule has 0 aliphatic rings. The van der Waals surface area contributed by atoms with Gasteiger partial charge in [-0.05, 0) is 18.2 Å². The van der Waals surface area contributed by atoms with Gasteiger partial charge in [0.25, 0.3) is 11.9 Å². The zero-order valence-electron chi connectivity index (χ0n) is 10.9. The third-order valence-electron chi connectivity index (χ3n) is 3.01. The van der Waals surface area contributed by atoms with E-state index in [-0.39, 0.29) is 11.9 Å². The molecule has 4 nitrogen and oxygen atoms in total. The molecule has 20 heavy (non-hydrogen) atoms. The number of carbonyl (C=O) groups is 1. The molecule has 0 atom stereocenters. The molecule has 0 radical (unpaired) electrons. The number of hydrogen-bond donors (Lipinski definition) is 1. The Morgan fingerprint density at radius 3 is 2.50 bits per heavy atom. The first-order valence-electron chi connectivity index (χ1n) is 6.21. The molecule has 0 saturated carbocycles. The molecule has 0 aliphatic heterocycles. The van der Waals surface area contributed by atoms with Gasteiger partial charge in [-0.1, -0.05) is 36.4 Å². The van der Waals surface area contributed by atoms with Gasteiger partial charge in [0.15, 0.2) is 0 Å². The lowest BCUT2D eigenvalue weighted by molar-refractivity contribution is 0.102. The van der Waals surface area contributed by atoms with Gasteiger partial charge in [0.1, 0.15) is 11.1 Å². The van der Waals surface area contributed by atoms with Crippen molar-refractivity contribution in [3.63, 3.8) is 0 Å². The van der Waals surface area contributed by atoms with E-state index in [0.717, 1.165) is 11.1 Å². The molecule has 0 spiro atoms. The molecule has 3 aromatic rings. The van der Waals surface area contributed by atoms with Crippen LogP contribution in [0.5, 0.6) is 5.95 Å². The lowest BCUT2D eigenvalue weighted by Gasteiger charge is -2.04. The maximum Gasteiger partial charge on any atom is 0.298 e. The number of benzene rings is 2. The van der Waals surface area contributed by atoms with Crippen LogP contribution in [0.4, 0.5) is 5.69 Å². The predicted octanol–water partition coefficient (Wildman–Crippen LogP) is 3.69. The van der Waals surface area contributed by atoms with Gasteiger partial charge >= 0.3 is 0 Å². The topological polar surface area (TPSA) is 51.5 Å². The quantitative estimate of drug-likeness (QED) is 0.787. The largest absolute Gasteiger partial charge is 0.468 e. The molecule has 0 saturated heterocycles. The van der Waals surface area contributed by atoms with Crippen LogP contribution in [0.3, 0.4) is 0 Å². The summed E-state index contributed by atoms with van der Waals surface area (Å²) in [5.41, 5.74) is 1.76. The number of para-hydroxylation sites is 2. The molecule has 0 fully saturated rings. The van der Waals surface area contributed by atoms with E-state index in [9.17, 15) is 4.79 Å². The Morgan fingerprint density at radius 1 is 1.05 bits per heavy atom. The lowest BCUT2D eigenvalue weighted by atomic mass is 10.1. The minimum Gasteiger partial charge on any atom is -0.468 e. The van der Waals surface area contributed by atoms with Crippen LogP contribution in [0.15, 0.2) is 59.0 Å². The van der Waals surface area contributed by atoms with Gasteiger partial charge < -0.3 is 14.5 Å². The van der Waals surface area contributed by atoms with Crippen molar-refractivity contribution in [1.82, 2.24) is 0 Å². The molecule has 4 heteroatoms. The normalized spacial score (nSPS) is 10.4. The minimum absolute atomic E-state index is 0.222. The first-order valence-corrected chi connectivity index (χ1v) is 6.21. The van der Waals surface area contributed by atoms with E-state index in [0.29, 0.717) is 11.1 Å². The molecule has 100 valence electrons. The van der Waals surface area contributed by atoms with Crippen LogP contribution in [0.25, 0.3) is 11.0 Å². The summed E-state index contributed by atoms with van der Waals surface area (Å²) in [6.45, 7) is 0. The highest BCUT2D eigenvalue weighted by Crippen LogP contribution is 2.32. The van der Waals surface area contributed by atoms with Crippen molar-refractivity contribution < 1.29 is 13.9 Å². The van der Waals surface area contributed by atoms with Crippen LogP contribution < -0.4 is 10.1 Å². The standard InChI is InChI=1S/C16H13NO3/c1-19-16-14(12-9-5-6-10-13(12)20-16)15(18)17-11-7-3-2-4-8-11/h2-10H,1H3,(H,17,18). The van der Waals surface area contributed by atoms with Gasteiger partial charge in [0.05, 0.1) is 7.11 Å². The Kier molecular flexibility index (Phi) is 3.13. The van der Waals surface area contributed by atoms with Crippen LogP contribution >= 0.6 is 0 Å². The third-order valence-corrected chi connectivity index (χ3v) is 3.01. The fourth-order valence-corrected chi connectivity index (χ4v) is 2.10. The van der Waals surface area contributed by atoms with Gasteiger partial charge in [0, 0.05) is 11.1 Å². The molecule has 1 amide bonds. The van der Waals surface area contributed by atoms with E-state index in [1.165, 1.54) is 7.11 Å². The Morgan fingerprint density at radius 2 is 1.75 bits per heavy atom. The summed E-state index contributed by atoms with van der Waals surface area (Å²) >= 11 is 0. The number of rotatable bonds is 3. The number of methoxy groups -OCH3 is 1. The van der Waals surface area contributed by atoms with Gasteiger partial charge in [-0.2, -0.15) is 0 Å². The van der Waals surface area contributed by atoms with Crippen LogP contribution in [0.1, 0.15) is 10.4 Å². The van der Waals surface area contributed by atoms with Gasteiger partial charge in [-0.25, -0.2) is 0 Å². The summed E-state index contributed by atoms with van der Waals surface area (Å²) in [5.74, 6) is -0.0300. The van der Waals surface area contributed by atoms with Crippen molar-refractivity contribution in [2.75, 3.05) is 12.4 Å². The maximum atomic E-state index is 12.4. The maximum absolute atomic E-state index is 12.4. The number of ether oxygens (including phenoxy) is 1. The molecule has 1 aromatic heterocycles. The average Bonchev–Trinajstić information content (AvgIpc) is 2.86. The number of anilines is 1. The van der Waals surface area contributed by atoms with Crippen LogP contribution in [-0.2, 0) is 0 Å². The first-order chi connectivity index (χ1) is 9.79. The summed E-state index contributed by atoms with van der Waals surface area (Å²) < 4.78 is 10.7. The Bertz CT molecular complexity index is 747. The van der Waals surface area contributed by atoms with Crippen molar-refractivity contribution in [1.29, 1.82) is 0 Å². The average molecular weight is 267 g/mol. The summed E-state index contributed by atoms with van der Waals surface area (Å²) in [7, 11) is 1.48. The number of furan rings is 1. The lowest BCUT2D eigenvalue weighted by Crippen LogP contribution is -2.12. The van der Waals surface area contributed by atoms with Gasteiger partial charge in [-0.3, -0.25) is 4.79 Å². The molecule has 1 heterocycles. The summed E-state index contributed by atoms with van der Waals surface area (Å²) in [6.07, 6.45) is 0. The van der Waals surface area contributed by atoms with Gasteiger partial charge in [0.2, 0.25) is 0 Å². The third kappa shape index (κ3) is 2.12. The molecular formula is C16H13NO3. The summed E-state index contributed by atoms with van der Waals surface area (Å²) in [5, 5.41) is 3.57. The molecule has 1 N–H and O–H groups in total. The SMILES string of the molecule is COc1oc2ccccc2c1C(=O)Nc1ccccc1. The second kappa shape index (κ2) is 5.09. The van der Waals surface area contributed by atoms with E-state index in [4.69, 9.17) is 9.15 Å². The Balaban J connectivity index is 2.02. The predicted molar refractivity (Wildman–Crippen MR) is 77.2 cm³/mol. The number of fused-ring (bicyclic) bond motifs is 1. The zero-order chi connectivity index (χ0) is 13.9. The highest BCUT2D eigenvalue weighted by atomic mass is 16.6. The number of carbonyl (C=O) groups excluding carboxylic acids is 1. The molecule has 0 aliphatic carbocycles.